The van der Waals surface area contributed by atoms with Crippen molar-refractivity contribution in [2.45, 2.75) is 31.5 Å². The number of epoxide rings is 1. The Hall–Kier alpha value is -0.570. The van der Waals surface area contributed by atoms with Crippen LogP contribution in [0.3, 0.4) is 0 Å². The van der Waals surface area contributed by atoms with Crippen LogP contribution in [0.25, 0.3) is 0 Å². The number of ether oxygens (including phenoxy) is 1. The molecule has 3 rings (SSSR count). The summed E-state index contributed by atoms with van der Waals surface area (Å²) in [4.78, 5) is 13.6. The van der Waals surface area contributed by atoms with Gasteiger partial charge in [0.1, 0.15) is 6.10 Å². The molecule has 2 aliphatic heterocycles. The van der Waals surface area contributed by atoms with E-state index < -0.39 is 0 Å². The standard InChI is InChI=1S/C9H13NO2/c11-9(6-1-2-6)10-4-3-7-8(5-10)12-7/h6-8H,1-5H2/t7-,8-/m1/s1. The molecule has 3 heteroatoms. The Labute approximate surface area is 71.7 Å². The molecule has 1 aliphatic carbocycles. The first-order valence-electron chi connectivity index (χ1n) is 4.79. The minimum atomic E-state index is 0.375. The van der Waals surface area contributed by atoms with Gasteiger partial charge in [-0.05, 0) is 19.3 Å². The second-order valence-electron chi connectivity index (χ2n) is 4.06. The van der Waals surface area contributed by atoms with Crippen molar-refractivity contribution in [1.82, 2.24) is 4.90 Å². The van der Waals surface area contributed by atoms with Gasteiger partial charge in [0.2, 0.25) is 5.91 Å². The van der Waals surface area contributed by atoms with Crippen LogP contribution in [0, 0.1) is 5.92 Å². The van der Waals surface area contributed by atoms with Gasteiger partial charge in [0.05, 0.1) is 6.10 Å². The first-order valence-corrected chi connectivity index (χ1v) is 4.79. The number of carbonyl (C=O) groups excluding carboxylic acids is 1. The molecule has 1 saturated carbocycles. The molecule has 1 amide bonds. The third-order valence-corrected chi connectivity index (χ3v) is 3.01. The molecular weight excluding hydrogens is 154 g/mol. The van der Waals surface area contributed by atoms with E-state index in [-0.39, 0.29) is 0 Å². The van der Waals surface area contributed by atoms with Crippen molar-refractivity contribution in [2.24, 2.45) is 5.92 Å². The lowest BCUT2D eigenvalue weighted by Gasteiger charge is -2.24. The van der Waals surface area contributed by atoms with Crippen molar-refractivity contribution in [3.63, 3.8) is 0 Å². The first-order chi connectivity index (χ1) is 5.84. The lowest BCUT2D eigenvalue weighted by molar-refractivity contribution is -0.133. The van der Waals surface area contributed by atoms with E-state index in [2.05, 4.69) is 0 Å². The highest BCUT2D eigenvalue weighted by atomic mass is 16.6. The minimum Gasteiger partial charge on any atom is -0.368 e. The first kappa shape index (κ1) is 6.89. The zero-order chi connectivity index (χ0) is 8.13. The van der Waals surface area contributed by atoms with Crippen molar-refractivity contribution in [1.29, 1.82) is 0 Å². The summed E-state index contributed by atoms with van der Waals surface area (Å²) in [5.74, 6) is 0.754. The summed E-state index contributed by atoms with van der Waals surface area (Å²) in [6.07, 6.45) is 4.17. The van der Waals surface area contributed by atoms with E-state index >= 15 is 0 Å². The fourth-order valence-electron chi connectivity index (χ4n) is 1.97. The molecule has 0 N–H and O–H groups in total. The Kier molecular flexibility index (Phi) is 1.28. The summed E-state index contributed by atoms with van der Waals surface area (Å²) in [6.45, 7) is 1.79. The van der Waals surface area contributed by atoms with E-state index in [0.717, 1.165) is 32.4 Å². The number of hydrogen-bond acceptors (Lipinski definition) is 2. The molecule has 0 radical (unpaired) electrons. The molecule has 0 aromatic carbocycles. The topological polar surface area (TPSA) is 32.8 Å². The molecule has 3 fully saturated rings. The zero-order valence-corrected chi connectivity index (χ0v) is 7.03. The monoisotopic (exact) mass is 167 g/mol. The molecule has 3 nitrogen and oxygen atoms in total. The molecule has 0 aromatic rings. The lowest BCUT2D eigenvalue weighted by Crippen LogP contribution is -2.40. The van der Waals surface area contributed by atoms with Crippen LogP contribution in [0.15, 0.2) is 0 Å². The second kappa shape index (κ2) is 2.22. The predicted molar refractivity (Wildman–Crippen MR) is 42.6 cm³/mol. The highest BCUT2D eigenvalue weighted by molar-refractivity contribution is 5.81. The highest BCUT2D eigenvalue weighted by Crippen LogP contribution is 2.35. The van der Waals surface area contributed by atoms with E-state index in [1.807, 2.05) is 4.90 Å². The zero-order valence-electron chi connectivity index (χ0n) is 7.03. The van der Waals surface area contributed by atoms with Gasteiger partial charge in [0.25, 0.3) is 0 Å². The lowest BCUT2D eigenvalue weighted by atomic mass is 10.1. The van der Waals surface area contributed by atoms with Gasteiger partial charge in [-0.1, -0.05) is 0 Å². The van der Waals surface area contributed by atoms with E-state index in [4.69, 9.17) is 4.74 Å². The van der Waals surface area contributed by atoms with Crippen LogP contribution in [-0.2, 0) is 9.53 Å². The molecule has 2 heterocycles. The van der Waals surface area contributed by atoms with Crippen molar-refractivity contribution in [3.8, 4) is 0 Å². The second-order valence-corrected chi connectivity index (χ2v) is 4.06. The van der Waals surface area contributed by atoms with Crippen molar-refractivity contribution < 1.29 is 9.53 Å². The van der Waals surface area contributed by atoms with Crippen molar-refractivity contribution in [2.75, 3.05) is 13.1 Å². The molecule has 0 unspecified atom stereocenters. The van der Waals surface area contributed by atoms with Crippen LogP contribution in [0.2, 0.25) is 0 Å². The van der Waals surface area contributed by atoms with Crippen LogP contribution >= 0.6 is 0 Å². The Bertz CT molecular complexity index is 225. The van der Waals surface area contributed by atoms with Crippen LogP contribution < -0.4 is 0 Å². The van der Waals surface area contributed by atoms with E-state index in [9.17, 15) is 4.79 Å². The number of piperidine rings is 1. The third-order valence-electron chi connectivity index (χ3n) is 3.01. The third kappa shape index (κ3) is 1.04. The Morgan fingerprint density at radius 1 is 1.25 bits per heavy atom. The largest absolute Gasteiger partial charge is 0.368 e. The SMILES string of the molecule is O=C(C1CC1)N1CC[C@H]2O[C@@H]2C1. The molecule has 2 saturated heterocycles. The molecule has 12 heavy (non-hydrogen) atoms. The van der Waals surface area contributed by atoms with Crippen LogP contribution in [0.4, 0.5) is 0 Å². The van der Waals surface area contributed by atoms with Crippen molar-refractivity contribution >= 4 is 5.91 Å². The Balaban J connectivity index is 1.63. The van der Waals surface area contributed by atoms with Gasteiger partial charge in [0.15, 0.2) is 0 Å². The maximum Gasteiger partial charge on any atom is 0.225 e. The predicted octanol–water partition coefficient (Wildman–Crippen LogP) is 0.396. The van der Waals surface area contributed by atoms with Gasteiger partial charge >= 0.3 is 0 Å². The summed E-state index contributed by atoms with van der Waals surface area (Å²) < 4.78 is 5.36. The van der Waals surface area contributed by atoms with E-state index in [1.165, 1.54) is 0 Å². The number of amides is 1. The number of nitrogens with zero attached hydrogens (tertiary/aromatic N) is 1. The summed E-state index contributed by atoms with van der Waals surface area (Å²) in [5.41, 5.74) is 0. The Morgan fingerprint density at radius 3 is 2.75 bits per heavy atom. The summed E-state index contributed by atoms with van der Waals surface area (Å²) in [5, 5.41) is 0. The quantitative estimate of drug-likeness (QED) is 0.529. The molecule has 3 aliphatic rings. The number of hydrogen-bond donors (Lipinski definition) is 0. The van der Waals surface area contributed by atoms with Gasteiger partial charge in [-0.25, -0.2) is 0 Å². The van der Waals surface area contributed by atoms with Gasteiger partial charge in [0, 0.05) is 19.0 Å². The van der Waals surface area contributed by atoms with E-state index in [0.29, 0.717) is 24.0 Å². The highest BCUT2D eigenvalue weighted by Gasteiger charge is 2.46. The summed E-state index contributed by atoms with van der Waals surface area (Å²) in [7, 11) is 0. The number of carbonyl (C=O) groups is 1. The fourth-order valence-corrected chi connectivity index (χ4v) is 1.97. The smallest absolute Gasteiger partial charge is 0.225 e. The molecule has 0 spiro atoms. The average molecular weight is 167 g/mol. The number of likely N-dealkylation sites (tertiary alicyclic amines) is 1. The summed E-state index contributed by atoms with van der Waals surface area (Å²) in [6, 6.07) is 0. The summed E-state index contributed by atoms with van der Waals surface area (Å²) >= 11 is 0. The normalized spacial score (nSPS) is 39.2. The molecule has 0 bridgehead atoms. The fraction of sp³-hybridized carbons (Fsp3) is 0.889. The van der Waals surface area contributed by atoms with Gasteiger partial charge < -0.3 is 9.64 Å². The Morgan fingerprint density at radius 2 is 2.08 bits per heavy atom. The van der Waals surface area contributed by atoms with Crippen molar-refractivity contribution in [3.05, 3.63) is 0 Å². The van der Waals surface area contributed by atoms with Crippen LogP contribution in [-0.4, -0.2) is 36.1 Å². The minimum absolute atomic E-state index is 0.375. The van der Waals surface area contributed by atoms with E-state index in [1.54, 1.807) is 0 Å². The van der Waals surface area contributed by atoms with Crippen LogP contribution in [0.5, 0.6) is 0 Å². The van der Waals surface area contributed by atoms with Gasteiger partial charge in [-0.3, -0.25) is 4.79 Å². The molecule has 2 atom stereocenters. The molecular formula is C9H13NO2. The average Bonchev–Trinajstić information content (AvgIpc) is 2.96. The van der Waals surface area contributed by atoms with Crippen LogP contribution in [0.1, 0.15) is 19.3 Å². The number of rotatable bonds is 1. The molecule has 66 valence electrons. The maximum atomic E-state index is 11.6. The number of fused-ring (bicyclic) bond motifs is 1. The van der Waals surface area contributed by atoms with Gasteiger partial charge in [-0.2, -0.15) is 0 Å². The van der Waals surface area contributed by atoms with Gasteiger partial charge in [-0.15, -0.1) is 0 Å². The maximum absolute atomic E-state index is 11.6. The molecule has 0 aromatic heterocycles.